The van der Waals surface area contributed by atoms with Gasteiger partial charge in [0.05, 0.1) is 5.69 Å². The van der Waals surface area contributed by atoms with E-state index in [0.29, 0.717) is 0 Å². The van der Waals surface area contributed by atoms with Gasteiger partial charge in [-0.25, -0.2) is 4.68 Å². The van der Waals surface area contributed by atoms with Crippen molar-refractivity contribution >= 4 is 5.78 Å². The van der Waals surface area contributed by atoms with Crippen molar-refractivity contribution in [2.75, 3.05) is 0 Å². The van der Waals surface area contributed by atoms with E-state index in [9.17, 15) is 9.59 Å². The number of carbonyl (C=O) groups excluding carboxylic acids is 1. The van der Waals surface area contributed by atoms with Crippen LogP contribution in [0.2, 0.25) is 0 Å². The number of nitrogens with zero attached hydrogens (tertiary/aromatic N) is 2. The van der Waals surface area contributed by atoms with E-state index in [4.69, 9.17) is 0 Å². The molecule has 0 N–H and O–H groups in total. The van der Waals surface area contributed by atoms with E-state index in [1.165, 1.54) is 11.6 Å². The van der Waals surface area contributed by atoms with Gasteiger partial charge in [0.25, 0.3) is 5.56 Å². The first kappa shape index (κ1) is 10.4. The Morgan fingerprint density at radius 3 is 2.31 bits per heavy atom. The fraction of sp³-hybridized carbons (Fsp3) is 0.167. The van der Waals surface area contributed by atoms with Gasteiger partial charge in [0.15, 0.2) is 5.78 Å². The smallest absolute Gasteiger partial charge is 0.277 e. The average Bonchev–Trinajstić information content (AvgIpc) is 2.58. The molecule has 0 atom stereocenters. The summed E-state index contributed by atoms with van der Waals surface area (Å²) in [6.07, 6.45) is 1.57. The molecule has 0 saturated heterocycles. The van der Waals surface area contributed by atoms with Crippen LogP contribution in [0.25, 0.3) is 5.69 Å². The van der Waals surface area contributed by atoms with Crippen molar-refractivity contribution < 1.29 is 4.79 Å². The number of rotatable bonds is 2. The SMILES string of the molecule is CC(=O)c1cn(-c2ccccc2)n(C)c1=O. The molecule has 2 aromatic rings. The largest absolute Gasteiger partial charge is 0.294 e. The normalized spacial score (nSPS) is 10.4. The second-order valence-corrected chi connectivity index (χ2v) is 3.61. The number of hydrogen-bond acceptors (Lipinski definition) is 2. The van der Waals surface area contributed by atoms with Gasteiger partial charge in [-0.2, -0.15) is 0 Å². The molecule has 82 valence electrons. The van der Waals surface area contributed by atoms with Gasteiger partial charge in [-0.1, -0.05) is 18.2 Å². The Kier molecular flexibility index (Phi) is 2.48. The van der Waals surface area contributed by atoms with E-state index < -0.39 is 0 Å². The highest BCUT2D eigenvalue weighted by atomic mass is 16.2. The fourth-order valence-corrected chi connectivity index (χ4v) is 1.61. The van der Waals surface area contributed by atoms with Gasteiger partial charge in [0, 0.05) is 13.2 Å². The van der Waals surface area contributed by atoms with Crippen LogP contribution in [0.15, 0.2) is 41.3 Å². The molecule has 1 aromatic carbocycles. The van der Waals surface area contributed by atoms with E-state index in [1.807, 2.05) is 30.3 Å². The average molecular weight is 216 g/mol. The molecule has 0 unspecified atom stereocenters. The van der Waals surface area contributed by atoms with Crippen LogP contribution in [0.5, 0.6) is 0 Å². The van der Waals surface area contributed by atoms with E-state index in [1.54, 1.807) is 17.9 Å². The molecule has 0 aliphatic heterocycles. The topological polar surface area (TPSA) is 44.0 Å². The van der Waals surface area contributed by atoms with Gasteiger partial charge in [0.1, 0.15) is 5.56 Å². The monoisotopic (exact) mass is 216 g/mol. The number of ketones is 1. The van der Waals surface area contributed by atoms with Crippen molar-refractivity contribution in [2.45, 2.75) is 6.92 Å². The highest BCUT2D eigenvalue weighted by Gasteiger charge is 2.12. The Balaban J connectivity index is 2.64. The molecule has 0 saturated carbocycles. The Hall–Kier alpha value is -2.10. The van der Waals surface area contributed by atoms with Gasteiger partial charge in [-0.15, -0.1) is 0 Å². The first-order valence-electron chi connectivity index (χ1n) is 4.96. The summed E-state index contributed by atoms with van der Waals surface area (Å²) >= 11 is 0. The molecule has 0 bridgehead atoms. The van der Waals surface area contributed by atoms with Crippen LogP contribution in [0.3, 0.4) is 0 Å². The van der Waals surface area contributed by atoms with Gasteiger partial charge < -0.3 is 0 Å². The molecule has 16 heavy (non-hydrogen) atoms. The summed E-state index contributed by atoms with van der Waals surface area (Å²) in [6.45, 7) is 1.39. The van der Waals surface area contributed by atoms with Gasteiger partial charge >= 0.3 is 0 Å². The molecular formula is C12H12N2O2. The summed E-state index contributed by atoms with van der Waals surface area (Å²) in [7, 11) is 1.64. The summed E-state index contributed by atoms with van der Waals surface area (Å²) in [4.78, 5) is 23.0. The van der Waals surface area contributed by atoms with Crippen LogP contribution >= 0.6 is 0 Å². The van der Waals surface area contributed by atoms with Crippen LogP contribution in [-0.2, 0) is 7.05 Å². The third-order valence-electron chi connectivity index (χ3n) is 2.50. The lowest BCUT2D eigenvalue weighted by Crippen LogP contribution is -2.20. The zero-order chi connectivity index (χ0) is 11.7. The van der Waals surface area contributed by atoms with Crippen molar-refractivity contribution in [2.24, 2.45) is 7.05 Å². The lowest BCUT2D eigenvalue weighted by Gasteiger charge is -2.05. The predicted molar refractivity (Wildman–Crippen MR) is 61.0 cm³/mol. The Morgan fingerprint density at radius 1 is 1.19 bits per heavy atom. The maximum absolute atomic E-state index is 11.7. The van der Waals surface area contributed by atoms with E-state index in [-0.39, 0.29) is 16.9 Å². The minimum Gasteiger partial charge on any atom is -0.294 e. The summed E-state index contributed by atoms with van der Waals surface area (Å²) in [6, 6.07) is 9.42. The molecule has 0 spiro atoms. The third kappa shape index (κ3) is 1.58. The number of hydrogen-bond donors (Lipinski definition) is 0. The number of carbonyl (C=O) groups is 1. The molecule has 0 fully saturated rings. The van der Waals surface area contributed by atoms with E-state index >= 15 is 0 Å². The second-order valence-electron chi connectivity index (χ2n) is 3.61. The molecule has 2 rings (SSSR count). The molecule has 0 aliphatic rings. The molecule has 4 heteroatoms. The molecule has 1 aromatic heterocycles. The summed E-state index contributed by atoms with van der Waals surface area (Å²) < 4.78 is 3.09. The number of benzene rings is 1. The van der Waals surface area contributed by atoms with Gasteiger partial charge in [-0.3, -0.25) is 14.3 Å². The van der Waals surface area contributed by atoms with E-state index in [2.05, 4.69) is 0 Å². The lowest BCUT2D eigenvalue weighted by molar-refractivity contribution is 0.101. The van der Waals surface area contributed by atoms with Gasteiger partial charge in [-0.05, 0) is 19.1 Å². The van der Waals surface area contributed by atoms with Crippen LogP contribution in [-0.4, -0.2) is 15.1 Å². The van der Waals surface area contributed by atoms with Crippen molar-refractivity contribution in [3.8, 4) is 5.69 Å². The summed E-state index contributed by atoms with van der Waals surface area (Å²) in [5.41, 5.74) is 0.803. The Morgan fingerprint density at radius 2 is 1.81 bits per heavy atom. The summed E-state index contributed by atoms with van der Waals surface area (Å²) in [5.74, 6) is -0.213. The van der Waals surface area contributed by atoms with Crippen molar-refractivity contribution in [3.63, 3.8) is 0 Å². The quantitative estimate of drug-likeness (QED) is 0.712. The molecule has 0 amide bonds. The molecule has 4 nitrogen and oxygen atoms in total. The second kappa shape index (κ2) is 3.81. The van der Waals surface area contributed by atoms with Crippen molar-refractivity contribution in [1.29, 1.82) is 0 Å². The van der Waals surface area contributed by atoms with Crippen LogP contribution in [0.4, 0.5) is 0 Å². The zero-order valence-electron chi connectivity index (χ0n) is 9.18. The molecular weight excluding hydrogens is 204 g/mol. The van der Waals surface area contributed by atoms with E-state index in [0.717, 1.165) is 5.69 Å². The zero-order valence-corrected chi connectivity index (χ0v) is 9.18. The highest BCUT2D eigenvalue weighted by Crippen LogP contribution is 2.06. The first-order valence-corrected chi connectivity index (χ1v) is 4.96. The van der Waals surface area contributed by atoms with Crippen LogP contribution < -0.4 is 5.56 Å². The van der Waals surface area contributed by atoms with Crippen molar-refractivity contribution in [3.05, 3.63) is 52.4 Å². The standard InChI is InChI=1S/C12H12N2O2/c1-9(15)11-8-14(13(2)12(11)16)10-6-4-3-5-7-10/h3-8H,1-2H3. The molecule has 1 heterocycles. The molecule has 0 aliphatic carbocycles. The van der Waals surface area contributed by atoms with Crippen LogP contribution in [0, 0.1) is 0 Å². The minimum absolute atomic E-state index is 0.213. The Labute approximate surface area is 92.7 Å². The number of Topliss-reactive ketones (excluding diaryl/α,β-unsaturated/α-hetero) is 1. The summed E-state index contributed by atoms with van der Waals surface area (Å²) in [5, 5.41) is 0. The maximum atomic E-state index is 11.7. The number of para-hydroxylation sites is 1. The van der Waals surface area contributed by atoms with Gasteiger partial charge in [0.2, 0.25) is 0 Å². The molecule has 0 radical (unpaired) electrons. The lowest BCUT2D eigenvalue weighted by atomic mass is 10.2. The number of aromatic nitrogens is 2. The third-order valence-corrected chi connectivity index (χ3v) is 2.50. The van der Waals surface area contributed by atoms with Crippen LogP contribution in [0.1, 0.15) is 17.3 Å². The minimum atomic E-state index is -0.267. The first-order chi connectivity index (χ1) is 7.61. The maximum Gasteiger partial charge on any atom is 0.277 e. The Bertz CT molecular complexity index is 579. The predicted octanol–water partition coefficient (Wildman–Crippen LogP) is 1.38. The fourth-order valence-electron chi connectivity index (χ4n) is 1.61. The van der Waals surface area contributed by atoms with Crippen molar-refractivity contribution in [1.82, 2.24) is 9.36 Å². The highest BCUT2D eigenvalue weighted by molar-refractivity contribution is 5.93.